The fourth-order valence-corrected chi connectivity index (χ4v) is 3.57. The predicted molar refractivity (Wildman–Crippen MR) is 110 cm³/mol. The van der Waals surface area contributed by atoms with Gasteiger partial charge < -0.3 is 23.9 Å². The Kier molecular flexibility index (Phi) is 5.07. The van der Waals surface area contributed by atoms with Crippen molar-refractivity contribution in [2.24, 2.45) is 5.92 Å². The summed E-state index contributed by atoms with van der Waals surface area (Å²) in [6.07, 6.45) is 6.66. The number of nitrogens with zero attached hydrogens (tertiary/aromatic N) is 3. The highest BCUT2D eigenvalue weighted by Gasteiger charge is 2.29. The molecule has 1 aliphatic heterocycles. The Morgan fingerprint density at radius 2 is 2.10 bits per heavy atom. The smallest absolute Gasteiger partial charge is 0.245 e. The molecule has 0 radical (unpaired) electrons. The van der Waals surface area contributed by atoms with Crippen molar-refractivity contribution >= 4 is 23.0 Å². The highest BCUT2D eigenvalue weighted by molar-refractivity contribution is 6.32. The van der Waals surface area contributed by atoms with Crippen molar-refractivity contribution in [3.8, 4) is 28.4 Å². The lowest BCUT2D eigenvalue weighted by atomic mass is 10.0. The van der Waals surface area contributed by atoms with Gasteiger partial charge in [-0.2, -0.15) is 0 Å². The van der Waals surface area contributed by atoms with E-state index in [1.807, 2.05) is 16.7 Å². The van der Waals surface area contributed by atoms with Crippen molar-refractivity contribution in [1.82, 2.24) is 14.3 Å². The van der Waals surface area contributed by atoms with Crippen molar-refractivity contribution in [3.05, 3.63) is 54.6 Å². The third kappa shape index (κ3) is 3.61. The summed E-state index contributed by atoms with van der Waals surface area (Å²) >= 11 is 6.15. The molecule has 0 unspecified atom stereocenters. The standard InChI is InChI=1S/C21H20ClN3O4/c1-3-20(26)24-8-13(9-24)11-29-18-6-15(10-25-12-23-7-17(18)25)14-4-16(22)21(27)19(5-14)28-2/h3-7,10,12-13,27H,1,8-9,11H2,2H3. The number of phenolic OH excluding ortho intramolecular Hbond substituents is 1. The molecular formula is C21H20ClN3O4. The van der Waals surface area contributed by atoms with Crippen LogP contribution in [0.5, 0.6) is 17.2 Å². The van der Waals surface area contributed by atoms with Crippen molar-refractivity contribution < 1.29 is 19.4 Å². The summed E-state index contributed by atoms with van der Waals surface area (Å²) in [4.78, 5) is 17.5. The molecule has 0 saturated carbocycles. The van der Waals surface area contributed by atoms with Crippen LogP contribution in [0.3, 0.4) is 0 Å². The number of pyridine rings is 1. The van der Waals surface area contributed by atoms with Gasteiger partial charge in [-0.25, -0.2) is 4.98 Å². The minimum atomic E-state index is -0.0956. The SMILES string of the molecule is C=CC(=O)N1CC(COc2cc(-c3cc(Cl)c(O)c(OC)c3)cn3cncc23)C1. The van der Waals surface area contributed by atoms with E-state index >= 15 is 0 Å². The topological polar surface area (TPSA) is 76.3 Å². The Bertz CT molecular complexity index is 1090. The molecule has 0 spiro atoms. The average Bonchev–Trinajstić information content (AvgIpc) is 3.17. The van der Waals surface area contributed by atoms with E-state index in [1.54, 1.807) is 29.6 Å². The lowest BCUT2D eigenvalue weighted by Gasteiger charge is -2.38. The van der Waals surface area contributed by atoms with Crippen molar-refractivity contribution in [2.45, 2.75) is 0 Å². The van der Waals surface area contributed by atoms with Gasteiger partial charge in [0.1, 0.15) is 11.3 Å². The van der Waals surface area contributed by atoms with Gasteiger partial charge in [0.2, 0.25) is 5.91 Å². The first-order valence-electron chi connectivity index (χ1n) is 9.07. The maximum absolute atomic E-state index is 11.6. The van der Waals surface area contributed by atoms with E-state index in [0.717, 1.165) is 16.6 Å². The molecule has 0 aliphatic carbocycles. The maximum atomic E-state index is 11.6. The second-order valence-electron chi connectivity index (χ2n) is 6.91. The maximum Gasteiger partial charge on any atom is 0.245 e. The molecule has 1 fully saturated rings. The van der Waals surface area contributed by atoms with Gasteiger partial charge in [-0.05, 0) is 29.8 Å². The highest BCUT2D eigenvalue weighted by Crippen LogP contribution is 2.39. The number of fused-ring (bicyclic) bond motifs is 1. The molecule has 150 valence electrons. The third-order valence-electron chi connectivity index (χ3n) is 4.98. The molecule has 7 nitrogen and oxygen atoms in total. The van der Waals surface area contributed by atoms with Gasteiger partial charge in [-0.1, -0.05) is 18.2 Å². The minimum absolute atomic E-state index is 0.0559. The second-order valence-corrected chi connectivity index (χ2v) is 7.32. The van der Waals surface area contributed by atoms with E-state index < -0.39 is 0 Å². The number of imidazole rings is 1. The largest absolute Gasteiger partial charge is 0.503 e. The molecule has 1 saturated heterocycles. The van der Waals surface area contributed by atoms with E-state index in [1.165, 1.54) is 13.2 Å². The summed E-state index contributed by atoms with van der Waals surface area (Å²) in [5.74, 6) is 1.09. The van der Waals surface area contributed by atoms with Crippen LogP contribution >= 0.6 is 11.6 Å². The van der Waals surface area contributed by atoms with Crippen LogP contribution in [0, 0.1) is 5.92 Å². The van der Waals surface area contributed by atoms with Crippen LogP contribution in [-0.2, 0) is 4.79 Å². The Balaban J connectivity index is 1.59. The molecule has 29 heavy (non-hydrogen) atoms. The molecular weight excluding hydrogens is 394 g/mol. The second kappa shape index (κ2) is 7.67. The molecule has 1 aromatic carbocycles. The van der Waals surface area contributed by atoms with Crippen LogP contribution in [0.2, 0.25) is 5.02 Å². The van der Waals surface area contributed by atoms with E-state index in [-0.39, 0.29) is 22.6 Å². The van der Waals surface area contributed by atoms with Gasteiger partial charge in [0.25, 0.3) is 0 Å². The lowest BCUT2D eigenvalue weighted by Crippen LogP contribution is -2.51. The zero-order valence-electron chi connectivity index (χ0n) is 15.8. The number of aromatic hydroxyl groups is 1. The highest BCUT2D eigenvalue weighted by atomic mass is 35.5. The molecule has 0 atom stereocenters. The zero-order chi connectivity index (χ0) is 20.5. The van der Waals surface area contributed by atoms with Gasteiger partial charge >= 0.3 is 0 Å². The number of ether oxygens (including phenoxy) is 2. The van der Waals surface area contributed by atoms with Crippen LogP contribution in [0.4, 0.5) is 0 Å². The van der Waals surface area contributed by atoms with Crippen LogP contribution < -0.4 is 9.47 Å². The van der Waals surface area contributed by atoms with Crippen LogP contribution in [0.1, 0.15) is 0 Å². The normalized spacial score (nSPS) is 13.9. The first kappa shape index (κ1) is 19.1. The van der Waals surface area contributed by atoms with Crippen LogP contribution in [0.25, 0.3) is 16.6 Å². The van der Waals surface area contributed by atoms with Crippen LogP contribution in [0.15, 0.2) is 49.6 Å². The van der Waals surface area contributed by atoms with E-state index in [9.17, 15) is 9.90 Å². The van der Waals surface area contributed by atoms with Gasteiger partial charge in [0.05, 0.1) is 31.3 Å². The average molecular weight is 414 g/mol. The van der Waals surface area contributed by atoms with Gasteiger partial charge in [0.15, 0.2) is 11.5 Å². The fraction of sp³-hybridized carbons (Fsp3) is 0.238. The van der Waals surface area contributed by atoms with Crippen molar-refractivity contribution in [3.63, 3.8) is 0 Å². The number of halogens is 1. The summed E-state index contributed by atoms with van der Waals surface area (Å²) < 4.78 is 13.2. The number of hydrogen-bond acceptors (Lipinski definition) is 5. The van der Waals surface area contributed by atoms with E-state index in [2.05, 4.69) is 11.6 Å². The quantitative estimate of drug-likeness (QED) is 0.627. The fourth-order valence-electron chi connectivity index (χ4n) is 3.36. The molecule has 1 aliphatic rings. The van der Waals surface area contributed by atoms with Crippen LogP contribution in [-0.4, -0.2) is 52.1 Å². The summed E-state index contributed by atoms with van der Waals surface area (Å²) in [5.41, 5.74) is 2.45. The predicted octanol–water partition coefficient (Wildman–Crippen LogP) is 3.39. The molecule has 2 aromatic heterocycles. The monoisotopic (exact) mass is 413 g/mol. The van der Waals surface area contributed by atoms with Crippen molar-refractivity contribution in [1.29, 1.82) is 0 Å². The number of carbonyl (C=O) groups is 1. The number of rotatable bonds is 6. The summed E-state index contributed by atoms with van der Waals surface area (Å²) in [5, 5.41) is 10.2. The summed E-state index contributed by atoms with van der Waals surface area (Å²) in [7, 11) is 1.47. The third-order valence-corrected chi connectivity index (χ3v) is 5.27. The number of hydrogen-bond donors (Lipinski definition) is 1. The molecule has 8 heteroatoms. The molecule has 3 heterocycles. The number of aromatic nitrogens is 2. The number of benzene rings is 1. The molecule has 4 rings (SSSR count). The molecule has 3 aromatic rings. The number of carbonyl (C=O) groups excluding carboxylic acids is 1. The molecule has 1 N–H and O–H groups in total. The molecule has 1 amide bonds. The Hall–Kier alpha value is -3.19. The number of amides is 1. The van der Waals surface area contributed by atoms with E-state index in [4.69, 9.17) is 21.1 Å². The summed E-state index contributed by atoms with van der Waals surface area (Å²) in [6, 6.07) is 5.30. The summed E-state index contributed by atoms with van der Waals surface area (Å²) in [6.45, 7) is 5.31. The zero-order valence-corrected chi connectivity index (χ0v) is 16.6. The Morgan fingerprint density at radius 3 is 2.83 bits per heavy atom. The molecule has 0 bridgehead atoms. The van der Waals surface area contributed by atoms with Gasteiger partial charge in [-0.15, -0.1) is 0 Å². The van der Waals surface area contributed by atoms with E-state index in [0.29, 0.717) is 31.2 Å². The minimum Gasteiger partial charge on any atom is -0.503 e. The Labute approximate surface area is 172 Å². The van der Waals surface area contributed by atoms with Gasteiger partial charge in [0, 0.05) is 30.8 Å². The first-order valence-corrected chi connectivity index (χ1v) is 9.44. The number of likely N-dealkylation sites (tertiary alicyclic amines) is 1. The number of methoxy groups -OCH3 is 1. The Morgan fingerprint density at radius 1 is 1.34 bits per heavy atom. The van der Waals surface area contributed by atoms with Crippen molar-refractivity contribution in [2.75, 3.05) is 26.8 Å². The number of phenols is 1. The first-order chi connectivity index (χ1) is 14.0. The lowest BCUT2D eigenvalue weighted by molar-refractivity contribution is -0.132. The van der Waals surface area contributed by atoms with Gasteiger partial charge in [-0.3, -0.25) is 4.79 Å².